The van der Waals surface area contributed by atoms with Gasteiger partial charge in [-0.2, -0.15) is 0 Å². The van der Waals surface area contributed by atoms with Gasteiger partial charge in [-0.15, -0.1) is 0 Å². The highest BCUT2D eigenvalue weighted by Crippen LogP contribution is 2.45. The van der Waals surface area contributed by atoms with E-state index in [-0.39, 0.29) is 25.7 Å². The summed E-state index contributed by atoms with van der Waals surface area (Å²) in [7, 11) is -9.91. The quantitative estimate of drug-likeness (QED) is 0.0222. The van der Waals surface area contributed by atoms with E-state index in [1.54, 1.807) is 0 Å². The molecule has 0 aliphatic heterocycles. The fourth-order valence-corrected chi connectivity index (χ4v) is 13.2. The lowest BCUT2D eigenvalue weighted by Gasteiger charge is -2.21. The van der Waals surface area contributed by atoms with E-state index in [4.69, 9.17) is 37.0 Å². The molecule has 19 heteroatoms. The molecular weight excluding hydrogens is 1250 g/mol. The molecule has 0 bridgehead atoms. The fourth-order valence-electron chi connectivity index (χ4n) is 11.7. The molecule has 17 nitrogen and oxygen atoms in total. The van der Waals surface area contributed by atoms with Crippen molar-refractivity contribution in [3.63, 3.8) is 0 Å². The molecule has 3 N–H and O–H groups in total. The first-order valence-electron chi connectivity index (χ1n) is 39.5. The molecule has 0 aromatic heterocycles. The summed E-state index contributed by atoms with van der Waals surface area (Å²) in [6, 6.07) is 0. The molecule has 95 heavy (non-hydrogen) atoms. The van der Waals surface area contributed by atoms with Crippen molar-refractivity contribution in [1.29, 1.82) is 0 Å². The number of hydrogen-bond donors (Lipinski definition) is 3. The van der Waals surface area contributed by atoms with Gasteiger partial charge < -0.3 is 33.8 Å². The van der Waals surface area contributed by atoms with Gasteiger partial charge in [-0.25, -0.2) is 9.13 Å². The highest BCUT2D eigenvalue weighted by atomic mass is 31.2. The Balaban J connectivity index is 5.21. The number of esters is 4. The average Bonchev–Trinajstić information content (AvgIpc) is 1.78. The first kappa shape index (κ1) is 93.1. The summed E-state index contributed by atoms with van der Waals surface area (Å²) in [4.78, 5) is 72.7. The number of phosphoric ester groups is 2. The lowest BCUT2D eigenvalue weighted by Crippen LogP contribution is -2.30. The summed E-state index contributed by atoms with van der Waals surface area (Å²) >= 11 is 0. The summed E-state index contributed by atoms with van der Waals surface area (Å²) < 4.78 is 68.5. The molecule has 0 spiro atoms. The number of carbonyl (C=O) groups excluding carboxylic acids is 4. The maximum absolute atomic E-state index is 13.1. The van der Waals surface area contributed by atoms with Gasteiger partial charge in [0.2, 0.25) is 0 Å². The van der Waals surface area contributed by atoms with E-state index in [0.717, 1.165) is 108 Å². The zero-order valence-corrected chi connectivity index (χ0v) is 63.8. The second kappa shape index (κ2) is 67.9. The van der Waals surface area contributed by atoms with Crippen LogP contribution in [0.15, 0.2) is 0 Å². The molecule has 0 saturated carbocycles. The number of aliphatic hydroxyl groups excluding tert-OH is 1. The predicted octanol–water partition coefficient (Wildman–Crippen LogP) is 22.3. The van der Waals surface area contributed by atoms with Crippen molar-refractivity contribution in [2.45, 2.75) is 413 Å². The van der Waals surface area contributed by atoms with Gasteiger partial charge in [-0.1, -0.05) is 343 Å². The topological polar surface area (TPSA) is 237 Å². The number of aliphatic hydroxyl groups is 1. The molecule has 0 rings (SSSR count). The Kier molecular flexibility index (Phi) is 66.5. The summed E-state index contributed by atoms with van der Waals surface area (Å²) in [5, 5.41) is 10.6. The van der Waals surface area contributed by atoms with Gasteiger partial charge >= 0.3 is 39.5 Å². The minimum absolute atomic E-state index is 0.106. The highest BCUT2D eigenvalue weighted by Gasteiger charge is 2.30. The Morgan fingerprint density at radius 3 is 0.716 bits per heavy atom. The molecule has 0 aliphatic rings. The van der Waals surface area contributed by atoms with Gasteiger partial charge in [0.1, 0.15) is 19.3 Å². The van der Waals surface area contributed by atoms with Crippen molar-refractivity contribution in [3.8, 4) is 0 Å². The number of hydrogen-bond acceptors (Lipinski definition) is 15. The third kappa shape index (κ3) is 70.3. The number of ether oxygens (including phenoxy) is 4. The van der Waals surface area contributed by atoms with Crippen LogP contribution in [-0.2, 0) is 65.4 Å². The van der Waals surface area contributed by atoms with Gasteiger partial charge in [0.05, 0.1) is 26.4 Å². The van der Waals surface area contributed by atoms with Gasteiger partial charge in [0.15, 0.2) is 12.2 Å². The minimum Gasteiger partial charge on any atom is -0.462 e. The van der Waals surface area contributed by atoms with Crippen LogP contribution in [-0.4, -0.2) is 96.7 Å². The predicted molar refractivity (Wildman–Crippen MR) is 386 cm³/mol. The van der Waals surface area contributed by atoms with Crippen LogP contribution in [0.5, 0.6) is 0 Å². The zero-order valence-electron chi connectivity index (χ0n) is 62.0. The van der Waals surface area contributed by atoms with Crippen molar-refractivity contribution in [3.05, 3.63) is 0 Å². The van der Waals surface area contributed by atoms with Crippen molar-refractivity contribution in [1.82, 2.24) is 0 Å². The van der Waals surface area contributed by atoms with Crippen LogP contribution in [0.4, 0.5) is 0 Å². The lowest BCUT2D eigenvalue weighted by atomic mass is 10.0. The molecule has 0 radical (unpaired) electrons. The normalized spacial score (nSPS) is 14.0. The first-order valence-corrected chi connectivity index (χ1v) is 42.5. The summed E-state index contributed by atoms with van der Waals surface area (Å²) in [6.45, 7) is 9.57. The number of carbonyl (C=O) groups is 4. The molecule has 0 heterocycles. The number of unbranched alkanes of at least 4 members (excludes halogenated alkanes) is 45. The minimum atomic E-state index is -4.96. The molecular formula is C76H148O17P2. The van der Waals surface area contributed by atoms with Crippen LogP contribution >= 0.6 is 15.6 Å². The molecule has 0 amide bonds. The largest absolute Gasteiger partial charge is 0.472 e. The molecule has 2 unspecified atom stereocenters. The van der Waals surface area contributed by atoms with Gasteiger partial charge in [-0.05, 0) is 37.5 Å². The molecule has 0 fully saturated rings. The van der Waals surface area contributed by atoms with Gasteiger partial charge in [-0.3, -0.25) is 37.3 Å². The first-order chi connectivity index (χ1) is 45.9. The van der Waals surface area contributed by atoms with Crippen molar-refractivity contribution >= 4 is 39.5 Å². The van der Waals surface area contributed by atoms with Gasteiger partial charge in [0.25, 0.3) is 0 Å². The smallest absolute Gasteiger partial charge is 0.462 e. The Hall–Kier alpha value is -1.94. The third-order valence-electron chi connectivity index (χ3n) is 17.7. The van der Waals surface area contributed by atoms with Crippen LogP contribution in [0, 0.1) is 11.8 Å². The standard InChI is InChI=1S/C76H148O17P2/c1-7-9-11-13-15-17-18-19-20-21-22-23-24-25-30-36-42-48-54-60-75(80)93-72(65-87-74(79)59-53-47-41-35-29-27-26-28-33-38-44-50-56-68(3)4)67-91-95(84,85)89-63-70(77)62-88-94(82,83)90-66-71(64-86-73(78)58-52-46-40-16-14-12-10-8-2)92-76(81)61-55-49-43-37-32-31-34-39-45-51-57-69(5)6/h68-72,77H,7-67H2,1-6H3,(H,82,83)(H,84,85)/t70-,71+,72+/m0/s1. The molecule has 0 aromatic carbocycles. The Bertz CT molecular complexity index is 1840. The average molecular weight is 1400 g/mol. The maximum atomic E-state index is 13.1. The Morgan fingerprint density at radius 1 is 0.284 bits per heavy atom. The van der Waals surface area contributed by atoms with Crippen LogP contribution in [0.1, 0.15) is 395 Å². The second-order valence-electron chi connectivity index (χ2n) is 28.3. The van der Waals surface area contributed by atoms with E-state index in [1.165, 1.54) is 205 Å². The van der Waals surface area contributed by atoms with E-state index in [1.807, 2.05) is 0 Å². The van der Waals surface area contributed by atoms with E-state index in [9.17, 15) is 43.2 Å². The molecule has 5 atom stereocenters. The molecule has 0 saturated heterocycles. The second-order valence-corrected chi connectivity index (χ2v) is 31.3. The number of phosphoric acid groups is 2. The van der Waals surface area contributed by atoms with E-state index in [0.29, 0.717) is 25.7 Å². The highest BCUT2D eigenvalue weighted by molar-refractivity contribution is 7.47. The zero-order chi connectivity index (χ0) is 70.0. The van der Waals surface area contributed by atoms with Crippen LogP contribution in [0.2, 0.25) is 0 Å². The summed E-state index contributed by atoms with van der Waals surface area (Å²) in [5.74, 6) is -0.584. The molecule has 564 valence electrons. The van der Waals surface area contributed by atoms with E-state index in [2.05, 4.69) is 41.5 Å². The van der Waals surface area contributed by atoms with Crippen LogP contribution in [0.3, 0.4) is 0 Å². The fraction of sp³-hybridized carbons (Fsp3) is 0.947. The van der Waals surface area contributed by atoms with Gasteiger partial charge in [0, 0.05) is 25.7 Å². The lowest BCUT2D eigenvalue weighted by molar-refractivity contribution is -0.161. The van der Waals surface area contributed by atoms with E-state index >= 15 is 0 Å². The molecule has 0 aromatic rings. The SMILES string of the molecule is CCCCCCCCCCCCCCCCCCCCCC(=O)O[C@H](COC(=O)CCCCCCCCCCCCCCC(C)C)COP(=O)(O)OC[C@@H](O)COP(=O)(O)OC[C@@H](COC(=O)CCCCCCCCCC)OC(=O)CCCCCCCCCCCCC(C)C. The van der Waals surface area contributed by atoms with E-state index < -0.39 is 97.5 Å². The van der Waals surface area contributed by atoms with Crippen molar-refractivity contribution < 1.29 is 80.2 Å². The van der Waals surface area contributed by atoms with Crippen molar-refractivity contribution in [2.75, 3.05) is 39.6 Å². The van der Waals surface area contributed by atoms with Crippen LogP contribution in [0.25, 0.3) is 0 Å². The molecule has 0 aliphatic carbocycles. The third-order valence-corrected chi connectivity index (χ3v) is 19.6. The Morgan fingerprint density at radius 2 is 0.484 bits per heavy atom. The monoisotopic (exact) mass is 1400 g/mol. The number of rotatable bonds is 75. The summed E-state index contributed by atoms with van der Waals surface area (Å²) in [5.41, 5.74) is 0. The van der Waals surface area contributed by atoms with Crippen molar-refractivity contribution in [2.24, 2.45) is 11.8 Å². The Labute approximate surface area is 581 Å². The summed E-state index contributed by atoms with van der Waals surface area (Å²) in [6.07, 6.45) is 55.6. The van der Waals surface area contributed by atoms with Crippen LogP contribution < -0.4 is 0 Å². The maximum Gasteiger partial charge on any atom is 0.472 e.